The van der Waals surface area contributed by atoms with Crippen LogP contribution in [0.4, 0.5) is 14.6 Å². The molecule has 1 unspecified atom stereocenters. The summed E-state index contributed by atoms with van der Waals surface area (Å²) in [7, 11) is 0. The van der Waals surface area contributed by atoms with Gasteiger partial charge in [0.05, 0.1) is 25.9 Å². The Morgan fingerprint density at radius 3 is 2.66 bits per heavy atom. The summed E-state index contributed by atoms with van der Waals surface area (Å²) in [6.07, 6.45) is 4.50. The first-order chi connectivity index (χ1) is 13.6. The highest BCUT2D eigenvalue weighted by Crippen LogP contribution is 2.36. The number of primary amides is 1. The number of nitrogens with one attached hydrogen (secondary N) is 1. The van der Waals surface area contributed by atoms with Crippen molar-refractivity contribution in [2.75, 3.05) is 24.6 Å². The lowest BCUT2D eigenvalue weighted by Crippen LogP contribution is -2.56. The number of nitrogens with two attached hydrogens (primary N) is 1. The maximum absolute atomic E-state index is 13.3. The molecule has 2 heterocycles. The van der Waals surface area contributed by atoms with Crippen molar-refractivity contribution in [3.63, 3.8) is 0 Å². The van der Waals surface area contributed by atoms with Gasteiger partial charge < -0.3 is 20.7 Å². The molecule has 0 spiro atoms. The van der Waals surface area contributed by atoms with Crippen LogP contribution in [0, 0.1) is 5.92 Å². The van der Waals surface area contributed by atoms with Crippen molar-refractivity contribution in [3.8, 4) is 5.88 Å². The smallest absolute Gasteiger partial charge is 0.282 e. The molecule has 2 aliphatic rings. The average Bonchev–Trinajstić information content (AvgIpc) is 3.47. The molecule has 1 aliphatic heterocycles. The number of halogens is 2. The van der Waals surface area contributed by atoms with Gasteiger partial charge in [-0.2, -0.15) is 0 Å². The number of amides is 2. The maximum atomic E-state index is 13.3. The number of rotatable bonds is 10. The Hall–Kier alpha value is -2.52. The van der Waals surface area contributed by atoms with E-state index in [0.717, 1.165) is 12.8 Å². The van der Waals surface area contributed by atoms with Crippen molar-refractivity contribution in [1.29, 1.82) is 0 Å². The molecule has 2 amide bonds. The number of aromatic nitrogens is 2. The molecule has 0 radical (unpaired) electrons. The molecule has 1 aromatic rings. The molecule has 1 aliphatic carbocycles. The monoisotopic (exact) mass is 411 g/mol. The average molecular weight is 411 g/mol. The molecule has 3 N–H and O–H groups in total. The zero-order valence-corrected chi connectivity index (χ0v) is 16.7. The number of alkyl halides is 2. The van der Waals surface area contributed by atoms with Crippen LogP contribution in [0.3, 0.4) is 0 Å². The van der Waals surface area contributed by atoms with Gasteiger partial charge in [-0.05, 0) is 38.5 Å². The van der Waals surface area contributed by atoms with Gasteiger partial charge in [0.25, 0.3) is 17.7 Å². The van der Waals surface area contributed by atoms with E-state index in [9.17, 15) is 18.4 Å². The van der Waals surface area contributed by atoms with Crippen molar-refractivity contribution in [1.82, 2.24) is 15.3 Å². The number of ether oxygens (including phenoxy) is 1. The lowest BCUT2D eigenvalue weighted by Gasteiger charge is -2.39. The van der Waals surface area contributed by atoms with Crippen LogP contribution in [0.1, 0.15) is 56.4 Å². The van der Waals surface area contributed by atoms with E-state index < -0.39 is 36.4 Å². The van der Waals surface area contributed by atoms with Crippen LogP contribution in [-0.2, 0) is 4.79 Å². The van der Waals surface area contributed by atoms with Gasteiger partial charge in [-0.25, -0.2) is 18.7 Å². The summed E-state index contributed by atoms with van der Waals surface area (Å²) >= 11 is 0. The van der Waals surface area contributed by atoms with E-state index in [1.807, 2.05) is 13.8 Å². The molecule has 0 aromatic carbocycles. The molecule has 0 bridgehead atoms. The molecule has 1 saturated heterocycles. The Balaban J connectivity index is 1.74. The summed E-state index contributed by atoms with van der Waals surface area (Å²) in [5.41, 5.74) is 4.61. The normalized spacial score (nSPS) is 19.8. The standard InChI is InChI=1S/C19H27F2N5O3/c1-3-18(2,7-6-14(22)27)25-16(28)13-8-23-15(26-10-19(20,21)11-26)17(24-13)29-9-12-4-5-12/h8,12H,3-7,9-11H2,1-2H3,(H2,22,27)(H,25,28). The van der Waals surface area contributed by atoms with Gasteiger partial charge in [-0.1, -0.05) is 6.92 Å². The van der Waals surface area contributed by atoms with E-state index in [2.05, 4.69) is 15.3 Å². The second-order valence-corrected chi connectivity index (χ2v) is 8.19. The maximum Gasteiger partial charge on any atom is 0.282 e. The quantitative estimate of drug-likeness (QED) is 0.608. The van der Waals surface area contributed by atoms with Crippen molar-refractivity contribution < 1.29 is 23.1 Å². The summed E-state index contributed by atoms with van der Waals surface area (Å²) in [5.74, 6) is -2.92. The summed E-state index contributed by atoms with van der Waals surface area (Å²) in [6, 6.07) is 0. The van der Waals surface area contributed by atoms with Crippen LogP contribution in [-0.4, -0.2) is 52.9 Å². The Kier molecular flexibility index (Phi) is 5.90. The lowest BCUT2D eigenvalue weighted by atomic mass is 9.92. The summed E-state index contributed by atoms with van der Waals surface area (Å²) in [6.45, 7) is 3.23. The first-order valence-corrected chi connectivity index (χ1v) is 9.84. The van der Waals surface area contributed by atoms with Gasteiger partial charge >= 0.3 is 0 Å². The Morgan fingerprint density at radius 1 is 1.41 bits per heavy atom. The predicted octanol–water partition coefficient (Wildman–Crippen LogP) is 1.88. The van der Waals surface area contributed by atoms with E-state index in [4.69, 9.17) is 10.5 Å². The number of nitrogens with zero attached hydrogens (tertiary/aromatic N) is 3. The fourth-order valence-corrected chi connectivity index (χ4v) is 3.00. The van der Waals surface area contributed by atoms with Gasteiger partial charge in [0.1, 0.15) is 0 Å². The lowest BCUT2D eigenvalue weighted by molar-refractivity contribution is -0.118. The van der Waals surface area contributed by atoms with E-state index >= 15 is 0 Å². The molecule has 3 rings (SSSR count). The van der Waals surface area contributed by atoms with Gasteiger partial charge in [0, 0.05) is 12.0 Å². The second-order valence-electron chi connectivity index (χ2n) is 8.19. The molecule has 1 atom stereocenters. The topological polar surface area (TPSA) is 110 Å². The highest BCUT2D eigenvalue weighted by Gasteiger charge is 2.46. The number of carbonyl (C=O) groups excluding carboxylic acids is 2. The van der Waals surface area contributed by atoms with Crippen molar-refractivity contribution in [2.24, 2.45) is 11.7 Å². The molecule has 10 heteroatoms. The first-order valence-electron chi connectivity index (χ1n) is 9.84. The second kappa shape index (κ2) is 8.08. The summed E-state index contributed by atoms with van der Waals surface area (Å²) in [4.78, 5) is 33.6. The highest BCUT2D eigenvalue weighted by atomic mass is 19.3. The minimum Gasteiger partial charge on any atom is -0.475 e. The molecule has 160 valence electrons. The first kappa shape index (κ1) is 21.2. The highest BCUT2D eigenvalue weighted by molar-refractivity contribution is 5.93. The van der Waals surface area contributed by atoms with Gasteiger partial charge in [0.15, 0.2) is 11.5 Å². The molecule has 2 fully saturated rings. The van der Waals surface area contributed by atoms with Crippen LogP contribution in [0.5, 0.6) is 5.88 Å². The predicted molar refractivity (Wildman–Crippen MR) is 102 cm³/mol. The van der Waals surface area contributed by atoms with Crippen molar-refractivity contribution in [2.45, 2.75) is 57.4 Å². The van der Waals surface area contributed by atoms with Crippen LogP contribution < -0.4 is 20.7 Å². The largest absolute Gasteiger partial charge is 0.475 e. The zero-order valence-electron chi connectivity index (χ0n) is 16.7. The Bertz CT molecular complexity index is 779. The molecular weight excluding hydrogens is 384 g/mol. The van der Waals surface area contributed by atoms with Gasteiger partial charge in [-0.15, -0.1) is 0 Å². The van der Waals surface area contributed by atoms with Crippen LogP contribution in [0.25, 0.3) is 0 Å². The number of carbonyl (C=O) groups is 2. The van der Waals surface area contributed by atoms with Crippen molar-refractivity contribution >= 4 is 17.6 Å². The van der Waals surface area contributed by atoms with E-state index in [-0.39, 0.29) is 23.8 Å². The molecule has 8 nitrogen and oxygen atoms in total. The molecular formula is C19H27F2N5O3. The Labute approximate surface area is 168 Å². The van der Waals surface area contributed by atoms with Crippen LogP contribution >= 0.6 is 0 Å². The fraction of sp³-hybridized carbons (Fsp3) is 0.684. The van der Waals surface area contributed by atoms with Crippen molar-refractivity contribution in [3.05, 3.63) is 11.9 Å². The molecule has 29 heavy (non-hydrogen) atoms. The molecule has 1 aromatic heterocycles. The zero-order chi connectivity index (χ0) is 21.2. The fourth-order valence-electron chi connectivity index (χ4n) is 3.00. The third kappa shape index (κ3) is 5.51. The minimum atomic E-state index is -2.76. The number of hydrogen-bond acceptors (Lipinski definition) is 6. The third-order valence-electron chi connectivity index (χ3n) is 5.37. The number of anilines is 1. The van der Waals surface area contributed by atoms with Gasteiger partial charge in [0.2, 0.25) is 5.91 Å². The minimum absolute atomic E-state index is 0.0329. The van der Waals surface area contributed by atoms with E-state index in [1.54, 1.807) is 0 Å². The summed E-state index contributed by atoms with van der Waals surface area (Å²) in [5, 5.41) is 2.87. The molecule has 1 saturated carbocycles. The SMILES string of the molecule is CCC(C)(CCC(N)=O)NC(=O)c1cnc(N2CC(F)(F)C2)c(OCC2CC2)n1. The Morgan fingerprint density at radius 2 is 2.10 bits per heavy atom. The van der Waals surface area contributed by atoms with E-state index in [1.165, 1.54) is 11.1 Å². The van der Waals surface area contributed by atoms with Gasteiger partial charge in [-0.3, -0.25) is 9.59 Å². The van der Waals surface area contributed by atoms with Crippen LogP contribution in [0.15, 0.2) is 6.20 Å². The number of hydrogen-bond donors (Lipinski definition) is 2. The summed E-state index contributed by atoms with van der Waals surface area (Å²) < 4.78 is 32.2. The van der Waals surface area contributed by atoms with E-state index in [0.29, 0.717) is 25.4 Å². The third-order valence-corrected chi connectivity index (χ3v) is 5.37. The van der Waals surface area contributed by atoms with Crippen LogP contribution in [0.2, 0.25) is 0 Å².